The molecule has 7 aromatic carbocycles. The Morgan fingerprint density at radius 2 is 0.984 bits per heavy atom. The van der Waals surface area contributed by atoms with Crippen LogP contribution in [0.15, 0.2) is 95.4 Å². The molecule has 0 amide bonds. The van der Waals surface area contributed by atoms with Crippen molar-refractivity contribution < 1.29 is 4.42 Å². The Balaban J connectivity index is 1.35. The minimum Gasteiger partial charge on any atom is -0.456 e. The van der Waals surface area contributed by atoms with Gasteiger partial charge in [0, 0.05) is 49.4 Å². The van der Waals surface area contributed by atoms with Crippen molar-refractivity contribution in [2.24, 2.45) is 0 Å². The summed E-state index contributed by atoms with van der Waals surface area (Å²) in [5, 5.41) is 4.76. The fraction of sp³-hybridized carbons (Fsp3) is 0. The molecular formula is C45H41B13N4O. The number of aromatic nitrogens is 4. The molecule has 286 valence electrons. The van der Waals surface area contributed by atoms with E-state index in [1.165, 1.54) is 93.0 Å². The third-order valence-corrected chi connectivity index (χ3v) is 14.5. The minimum atomic E-state index is 0.600. The van der Waals surface area contributed by atoms with E-state index in [1.807, 2.05) is 18.2 Å². The van der Waals surface area contributed by atoms with Gasteiger partial charge in [-0.2, -0.15) is 0 Å². The van der Waals surface area contributed by atoms with Gasteiger partial charge < -0.3 is 8.98 Å². The van der Waals surface area contributed by atoms with Gasteiger partial charge in [0.15, 0.2) is 17.5 Å². The average Bonchev–Trinajstić information content (AvgIpc) is 3.85. The van der Waals surface area contributed by atoms with Gasteiger partial charge in [0.1, 0.15) is 113 Å². The Labute approximate surface area is 380 Å². The Kier molecular flexibility index (Phi) is 9.82. The molecule has 0 spiro atoms. The van der Waals surface area contributed by atoms with E-state index in [1.54, 1.807) is 0 Å². The number of benzene rings is 7. The van der Waals surface area contributed by atoms with E-state index in [0.29, 0.717) is 17.5 Å². The van der Waals surface area contributed by atoms with Gasteiger partial charge in [0.25, 0.3) is 0 Å². The number of fused-ring (bicyclic) bond motifs is 6. The first-order valence-electron chi connectivity index (χ1n) is 22.1. The standard InChI is InChI=1S/C45H41B13N4O/c46-17-13-20-25-19(11-12-22(47)40(25)62(39(20)24(49)14-17)18-9-5-2-6-10-18)26-27-28-30(50)23(48)15-21(41(28)63-42(27)38(58)36(56)31(26)51)44-59-43(16-7-3-1-4-8-16)60-45(61-44)29-32(52)34(54)37(57)35(55)33(29)53/h1-15H,46-58H2. The molecule has 0 aliphatic heterocycles. The Hall–Kier alpha value is -6.01. The summed E-state index contributed by atoms with van der Waals surface area (Å²) >= 11 is 0. The van der Waals surface area contributed by atoms with Gasteiger partial charge in [-0.15, -0.1) is 16.4 Å². The fourth-order valence-electron chi connectivity index (χ4n) is 10.4. The van der Waals surface area contributed by atoms with Crippen LogP contribution in [0, 0.1) is 0 Å². The summed E-state index contributed by atoms with van der Waals surface area (Å²) < 4.78 is 9.81. The Morgan fingerprint density at radius 3 is 1.67 bits per heavy atom. The van der Waals surface area contributed by atoms with Crippen molar-refractivity contribution in [2.75, 3.05) is 0 Å². The molecule has 0 radical (unpaired) electrons. The molecule has 3 heterocycles. The van der Waals surface area contributed by atoms with Crippen LogP contribution in [0.4, 0.5) is 0 Å². The summed E-state index contributed by atoms with van der Waals surface area (Å²) in [6.07, 6.45) is 0. The Bertz CT molecular complexity index is 3580. The second-order valence-corrected chi connectivity index (χ2v) is 18.1. The van der Waals surface area contributed by atoms with Crippen LogP contribution in [0.25, 0.3) is 94.7 Å². The molecule has 3 aromatic heterocycles. The molecule has 0 saturated heterocycles. The molecule has 0 atom stereocenters. The summed E-state index contributed by atoms with van der Waals surface area (Å²) in [6, 6.07) is 32.6. The molecule has 0 fully saturated rings. The lowest BCUT2D eigenvalue weighted by Gasteiger charge is -2.20. The predicted molar refractivity (Wildman–Crippen MR) is 310 cm³/mol. The SMILES string of the molecule is Bc1cc(B)c2c(c1)c1c(-c3c(B)c(B)c(B)c4oc5c(-c6nc(-c7ccccc7)nc(-c7c(B)c(B)c(B)c(B)c7B)n6)cc(B)c(B)c5c34)ccc(B)c1n2-c1ccccc1. The molecule has 0 aliphatic carbocycles. The number of nitrogens with zero attached hydrogens (tertiary/aromatic N) is 4. The summed E-state index contributed by atoms with van der Waals surface area (Å²) in [5.74, 6) is 1.91. The maximum atomic E-state index is 7.33. The molecule has 63 heavy (non-hydrogen) atoms. The van der Waals surface area contributed by atoms with Crippen LogP contribution in [-0.2, 0) is 0 Å². The van der Waals surface area contributed by atoms with Crippen LogP contribution in [-0.4, -0.2) is 122 Å². The molecule has 0 N–H and O–H groups in total. The first-order chi connectivity index (χ1) is 30.2. The van der Waals surface area contributed by atoms with Crippen molar-refractivity contribution in [3.05, 3.63) is 91.0 Å². The van der Waals surface area contributed by atoms with Crippen molar-refractivity contribution in [1.29, 1.82) is 0 Å². The van der Waals surface area contributed by atoms with Crippen LogP contribution < -0.4 is 71.0 Å². The summed E-state index contributed by atoms with van der Waals surface area (Å²) in [5.41, 5.74) is 26.5. The molecule has 0 bridgehead atoms. The molecule has 0 unspecified atom stereocenters. The largest absolute Gasteiger partial charge is 0.456 e. The zero-order valence-electron chi connectivity index (χ0n) is 38.9. The summed E-state index contributed by atoms with van der Waals surface area (Å²) in [7, 11) is 28.9. The van der Waals surface area contributed by atoms with Crippen molar-refractivity contribution in [3.63, 3.8) is 0 Å². The van der Waals surface area contributed by atoms with Gasteiger partial charge in [-0.25, -0.2) is 15.0 Å². The predicted octanol–water partition coefficient (Wildman–Crippen LogP) is -11.1. The molecule has 0 saturated carbocycles. The number of rotatable bonds is 5. The topological polar surface area (TPSA) is 56.7 Å². The van der Waals surface area contributed by atoms with Gasteiger partial charge in [-0.05, 0) is 23.3 Å². The highest BCUT2D eigenvalue weighted by molar-refractivity contribution is 6.69. The highest BCUT2D eigenvalue weighted by atomic mass is 16.3. The van der Waals surface area contributed by atoms with Crippen LogP contribution in [0.5, 0.6) is 0 Å². The van der Waals surface area contributed by atoms with Gasteiger partial charge >= 0.3 is 0 Å². The normalized spacial score (nSPS) is 11.7. The monoisotopic (exact) mass is 796 g/mol. The maximum Gasteiger partial charge on any atom is 0.167 e. The molecule has 10 rings (SSSR count). The third-order valence-electron chi connectivity index (χ3n) is 14.5. The lowest BCUT2D eigenvalue weighted by molar-refractivity contribution is 0.672. The van der Waals surface area contributed by atoms with E-state index in [9.17, 15) is 0 Å². The van der Waals surface area contributed by atoms with Crippen molar-refractivity contribution in [3.8, 4) is 51.0 Å². The van der Waals surface area contributed by atoms with Crippen LogP contribution >= 0.6 is 0 Å². The molecule has 18 heteroatoms. The third kappa shape index (κ3) is 6.14. The quantitative estimate of drug-likeness (QED) is 0.163. The second-order valence-electron chi connectivity index (χ2n) is 18.1. The summed E-state index contributed by atoms with van der Waals surface area (Å²) in [4.78, 5) is 15.9. The number of hydrogen-bond acceptors (Lipinski definition) is 4. The highest BCUT2D eigenvalue weighted by Gasteiger charge is 2.28. The fourth-order valence-corrected chi connectivity index (χ4v) is 10.4. The van der Waals surface area contributed by atoms with E-state index in [-0.39, 0.29) is 0 Å². The smallest absolute Gasteiger partial charge is 0.167 e. The van der Waals surface area contributed by atoms with E-state index in [4.69, 9.17) is 19.4 Å². The van der Waals surface area contributed by atoms with Crippen LogP contribution in [0.2, 0.25) is 0 Å². The number of furan rings is 1. The van der Waals surface area contributed by atoms with Gasteiger partial charge in [-0.1, -0.05) is 133 Å². The van der Waals surface area contributed by atoms with Crippen LogP contribution in [0.3, 0.4) is 0 Å². The van der Waals surface area contributed by atoms with Gasteiger partial charge in [-0.3, -0.25) is 0 Å². The molecule has 10 aromatic rings. The summed E-state index contributed by atoms with van der Waals surface area (Å²) in [6.45, 7) is 0. The number of hydrogen-bond donors (Lipinski definition) is 0. The van der Waals surface area contributed by atoms with Gasteiger partial charge in [0.05, 0.1) is 5.56 Å². The first-order valence-corrected chi connectivity index (χ1v) is 22.1. The van der Waals surface area contributed by atoms with E-state index in [2.05, 4.69) is 179 Å². The Morgan fingerprint density at radius 1 is 0.397 bits per heavy atom. The zero-order chi connectivity index (χ0) is 44.3. The minimum absolute atomic E-state index is 0.600. The maximum absolute atomic E-state index is 7.33. The van der Waals surface area contributed by atoms with Gasteiger partial charge in [0.2, 0.25) is 0 Å². The van der Waals surface area contributed by atoms with E-state index >= 15 is 0 Å². The first kappa shape index (κ1) is 41.0. The van der Waals surface area contributed by atoms with E-state index in [0.717, 1.165) is 55.2 Å². The van der Waals surface area contributed by atoms with Crippen LogP contribution in [0.1, 0.15) is 0 Å². The highest BCUT2D eigenvalue weighted by Crippen LogP contribution is 2.42. The zero-order valence-corrected chi connectivity index (χ0v) is 38.9. The van der Waals surface area contributed by atoms with E-state index < -0.39 is 0 Å². The molecular weight excluding hydrogens is 753 g/mol. The average molecular weight is 794 g/mol. The number of para-hydroxylation sites is 1. The van der Waals surface area contributed by atoms with Crippen molar-refractivity contribution >= 4 is 217 Å². The second kappa shape index (κ2) is 15.1. The molecule has 5 nitrogen and oxygen atoms in total. The lowest BCUT2D eigenvalue weighted by atomic mass is 9.60. The lowest BCUT2D eigenvalue weighted by Crippen LogP contribution is -2.55. The van der Waals surface area contributed by atoms with Crippen molar-refractivity contribution in [2.45, 2.75) is 0 Å². The van der Waals surface area contributed by atoms with Crippen molar-refractivity contribution in [1.82, 2.24) is 19.5 Å². The molecule has 0 aliphatic rings.